The average Bonchev–Trinajstić information content (AvgIpc) is 2.96. The number of nitrogens with zero attached hydrogens (tertiary/aromatic N) is 4. The van der Waals surface area contributed by atoms with Gasteiger partial charge in [0.15, 0.2) is 0 Å². The number of fused-ring (bicyclic) bond motifs is 1. The molecule has 23 heavy (non-hydrogen) atoms. The highest BCUT2D eigenvalue weighted by Crippen LogP contribution is 2.25. The van der Waals surface area contributed by atoms with E-state index in [9.17, 15) is 18.0 Å². The molecule has 0 unspecified atom stereocenters. The van der Waals surface area contributed by atoms with Gasteiger partial charge in [0.1, 0.15) is 11.4 Å². The van der Waals surface area contributed by atoms with Crippen LogP contribution in [0.1, 0.15) is 17.1 Å². The van der Waals surface area contributed by atoms with Crippen LogP contribution in [-0.4, -0.2) is 25.1 Å². The quantitative estimate of drug-likeness (QED) is 0.741. The number of carbonyl (C=O) groups is 1. The third-order valence-corrected chi connectivity index (χ3v) is 3.25. The van der Waals surface area contributed by atoms with Crippen LogP contribution in [0.25, 0.3) is 5.65 Å². The molecule has 3 aromatic heterocycles. The predicted molar refractivity (Wildman–Crippen MR) is 74.6 cm³/mol. The van der Waals surface area contributed by atoms with Crippen LogP contribution in [0, 0.1) is 0 Å². The Morgan fingerprint density at radius 3 is 2.52 bits per heavy atom. The van der Waals surface area contributed by atoms with Crippen molar-refractivity contribution in [3.8, 4) is 0 Å². The fourth-order valence-corrected chi connectivity index (χ4v) is 2.24. The molecule has 0 aliphatic carbocycles. The third-order valence-electron chi connectivity index (χ3n) is 3.25. The first-order chi connectivity index (χ1) is 10.9. The van der Waals surface area contributed by atoms with Crippen molar-refractivity contribution in [2.45, 2.75) is 19.0 Å². The zero-order valence-electron chi connectivity index (χ0n) is 11.8. The summed E-state index contributed by atoms with van der Waals surface area (Å²) in [5.74, 6) is -1.36. The van der Waals surface area contributed by atoms with E-state index in [0.717, 1.165) is 23.7 Å². The smallest absolute Gasteiger partial charge is 0.304 e. The van der Waals surface area contributed by atoms with Gasteiger partial charge in [-0.15, -0.1) is 0 Å². The van der Waals surface area contributed by atoms with Gasteiger partial charge in [-0.25, -0.2) is 15.0 Å². The van der Waals surface area contributed by atoms with Gasteiger partial charge in [-0.1, -0.05) is 6.07 Å². The second kappa shape index (κ2) is 5.79. The number of rotatable bonds is 4. The van der Waals surface area contributed by atoms with E-state index in [2.05, 4.69) is 15.0 Å². The molecule has 8 heteroatoms. The molecule has 0 aromatic carbocycles. The molecule has 3 heterocycles. The standard InChI is InChI=1S/C15H11F3N4O/c16-15(17,18)14-20-8-10(9-21-14)6-12(23)7-11-2-1-3-13-19-4-5-22(11)13/h1-5,8-9H,6-7H2. The second-order valence-electron chi connectivity index (χ2n) is 4.98. The van der Waals surface area contributed by atoms with Crippen molar-refractivity contribution in [2.75, 3.05) is 0 Å². The molecule has 0 N–H and O–H groups in total. The Morgan fingerprint density at radius 2 is 1.83 bits per heavy atom. The lowest BCUT2D eigenvalue weighted by molar-refractivity contribution is -0.145. The Bertz CT molecular complexity index is 840. The first-order valence-corrected chi connectivity index (χ1v) is 6.74. The molecule has 3 rings (SSSR count). The Labute approximate surface area is 128 Å². The molecule has 0 amide bonds. The molecule has 5 nitrogen and oxygen atoms in total. The maximum atomic E-state index is 12.4. The van der Waals surface area contributed by atoms with E-state index >= 15 is 0 Å². The van der Waals surface area contributed by atoms with Gasteiger partial charge < -0.3 is 4.40 Å². The van der Waals surface area contributed by atoms with Crippen LogP contribution in [0.5, 0.6) is 0 Å². The largest absolute Gasteiger partial charge is 0.451 e. The molecule has 0 saturated carbocycles. The molecular weight excluding hydrogens is 309 g/mol. The van der Waals surface area contributed by atoms with E-state index in [0.29, 0.717) is 5.56 Å². The van der Waals surface area contributed by atoms with E-state index in [-0.39, 0.29) is 18.6 Å². The molecule has 0 atom stereocenters. The summed E-state index contributed by atoms with van der Waals surface area (Å²) in [7, 11) is 0. The summed E-state index contributed by atoms with van der Waals surface area (Å²) in [4.78, 5) is 22.7. The molecule has 118 valence electrons. The number of alkyl halides is 3. The fourth-order valence-electron chi connectivity index (χ4n) is 2.24. The number of hydrogen-bond acceptors (Lipinski definition) is 4. The number of aromatic nitrogens is 4. The van der Waals surface area contributed by atoms with Gasteiger partial charge in [-0.2, -0.15) is 13.2 Å². The lowest BCUT2D eigenvalue weighted by atomic mass is 10.1. The molecule has 0 spiro atoms. The van der Waals surface area contributed by atoms with Crippen LogP contribution in [0.15, 0.2) is 43.0 Å². The summed E-state index contributed by atoms with van der Waals surface area (Å²) in [5, 5.41) is 0. The molecule has 0 saturated heterocycles. The van der Waals surface area contributed by atoms with Crippen molar-refractivity contribution < 1.29 is 18.0 Å². The number of halogens is 3. The fraction of sp³-hybridized carbons (Fsp3) is 0.200. The van der Waals surface area contributed by atoms with Crippen molar-refractivity contribution in [1.29, 1.82) is 0 Å². The van der Waals surface area contributed by atoms with Gasteiger partial charge >= 0.3 is 6.18 Å². The minimum Gasteiger partial charge on any atom is -0.304 e. The minimum atomic E-state index is -4.58. The average molecular weight is 320 g/mol. The number of hydrogen-bond donors (Lipinski definition) is 0. The highest BCUT2D eigenvalue weighted by Gasteiger charge is 2.34. The molecule has 0 radical (unpaired) electrons. The van der Waals surface area contributed by atoms with Gasteiger partial charge in [-0.3, -0.25) is 4.79 Å². The maximum absolute atomic E-state index is 12.4. The Morgan fingerprint density at radius 1 is 1.09 bits per heavy atom. The van der Waals surface area contributed by atoms with E-state index in [1.165, 1.54) is 0 Å². The summed E-state index contributed by atoms with van der Waals surface area (Å²) in [6.45, 7) is 0. The van der Waals surface area contributed by atoms with Gasteiger partial charge in [0.2, 0.25) is 5.82 Å². The molecule has 3 aromatic rings. The Kier molecular flexibility index (Phi) is 3.81. The molecule has 0 fully saturated rings. The first kappa shape index (κ1) is 15.1. The van der Waals surface area contributed by atoms with Gasteiger partial charge in [0.25, 0.3) is 0 Å². The summed E-state index contributed by atoms with van der Waals surface area (Å²) in [6.07, 6.45) is 0.987. The summed E-state index contributed by atoms with van der Waals surface area (Å²) in [5.41, 5.74) is 1.84. The summed E-state index contributed by atoms with van der Waals surface area (Å²) in [6, 6.07) is 5.42. The number of ketones is 1. The van der Waals surface area contributed by atoms with Gasteiger partial charge in [0.05, 0.1) is 0 Å². The maximum Gasteiger partial charge on any atom is 0.451 e. The number of Topliss-reactive ketones (excluding diaryl/α,β-unsaturated/α-hetero) is 1. The molecule has 0 aliphatic rings. The topological polar surface area (TPSA) is 60.2 Å². The second-order valence-corrected chi connectivity index (χ2v) is 4.98. The van der Waals surface area contributed by atoms with E-state index in [4.69, 9.17) is 0 Å². The third kappa shape index (κ3) is 3.36. The van der Waals surface area contributed by atoms with E-state index in [1.807, 2.05) is 6.07 Å². The van der Waals surface area contributed by atoms with Crippen LogP contribution < -0.4 is 0 Å². The van der Waals surface area contributed by atoms with Crippen molar-refractivity contribution in [1.82, 2.24) is 19.4 Å². The number of imidazole rings is 1. The van der Waals surface area contributed by atoms with E-state index < -0.39 is 12.0 Å². The Hall–Kier alpha value is -2.77. The van der Waals surface area contributed by atoms with Gasteiger partial charge in [-0.05, 0) is 17.7 Å². The Balaban J connectivity index is 1.71. The van der Waals surface area contributed by atoms with Crippen molar-refractivity contribution in [2.24, 2.45) is 0 Å². The molecular formula is C15H11F3N4O. The highest BCUT2D eigenvalue weighted by atomic mass is 19.4. The molecule has 0 bridgehead atoms. The highest BCUT2D eigenvalue weighted by molar-refractivity contribution is 5.82. The SMILES string of the molecule is O=C(Cc1cnc(C(F)(F)F)nc1)Cc1cccc2nccn12. The van der Waals surface area contributed by atoms with E-state index in [1.54, 1.807) is 28.9 Å². The van der Waals surface area contributed by atoms with Crippen LogP contribution in [0.2, 0.25) is 0 Å². The molecule has 0 aliphatic heterocycles. The van der Waals surface area contributed by atoms with Crippen LogP contribution in [0.4, 0.5) is 13.2 Å². The normalized spacial score (nSPS) is 11.8. The van der Waals surface area contributed by atoms with Gasteiger partial charge in [0, 0.05) is 43.3 Å². The first-order valence-electron chi connectivity index (χ1n) is 6.74. The van der Waals surface area contributed by atoms with Crippen molar-refractivity contribution in [3.63, 3.8) is 0 Å². The lowest BCUT2D eigenvalue weighted by Crippen LogP contribution is -2.13. The monoisotopic (exact) mass is 320 g/mol. The van der Waals surface area contributed by atoms with Crippen LogP contribution in [0.3, 0.4) is 0 Å². The van der Waals surface area contributed by atoms with Crippen molar-refractivity contribution in [3.05, 3.63) is 60.1 Å². The predicted octanol–water partition coefficient (Wildman–Crippen LogP) is 2.50. The van der Waals surface area contributed by atoms with Crippen LogP contribution >= 0.6 is 0 Å². The minimum absolute atomic E-state index is 0.0246. The lowest BCUT2D eigenvalue weighted by Gasteiger charge is -2.06. The number of carbonyl (C=O) groups excluding carboxylic acids is 1. The summed E-state index contributed by atoms with van der Waals surface area (Å²) >= 11 is 0. The summed E-state index contributed by atoms with van der Waals surface area (Å²) < 4.78 is 39.0. The van der Waals surface area contributed by atoms with Crippen molar-refractivity contribution >= 4 is 11.4 Å². The zero-order valence-corrected chi connectivity index (χ0v) is 11.8. The zero-order chi connectivity index (χ0) is 16.4. The van der Waals surface area contributed by atoms with Crippen LogP contribution in [-0.2, 0) is 23.8 Å². The number of pyridine rings is 1.